The van der Waals surface area contributed by atoms with E-state index in [1.165, 1.54) is 33.4 Å². The molecule has 0 aromatic heterocycles. The Morgan fingerprint density at radius 3 is 2.42 bits per heavy atom. The van der Waals surface area contributed by atoms with Gasteiger partial charge in [0.15, 0.2) is 0 Å². The number of hydrogen-bond acceptors (Lipinski definition) is 2. The number of benzene rings is 2. The van der Waals surface area contributed by atoms with Gasteiger partial charge in [-0.3, -0.25) is 5.41 Å². The average Bonchev–Trinajstić information content (AvgIpc) is 3.06. The zero-order valence-electron chi connectivity index (χ0n) is 16.5. The Morgan fingerprint density at radius 1 is 0.962 bits per heavy atom. The van der Waals surface area contributed by atoms with Gasteiger partial charge in [-0.1, -0.05) is 48.6 Å². The van der Waals surface area contributed by atoms with Gasteiger partial charge in [-0.05, 0) is 74.7 Å². The largest absolute Gasteiger partial charge is 0.305 e. The molecule has 0 radical (unpaired) electrons. The van der Waals surface area contributed by atoms with Crippen LogP contribution in [0.4, 0.5) is 0 Å². The molecule has 0 amide bonds. The highest BCUT2D eigenvalue weighted by Gasteiger charge is 2.19. The van der Waals surface area contributed by atoms with E-state index in [0.29, 0.717) is 5.71 Å². The monoisotopic (exact) mass is 344 g/mol. The molecule has 2 nitrogen and oxygen atoms in total. The number of aryl methyl sites for hydroxylation is 1. The first kappa shape index (κ1) is 18.3. The van der Waals surface area contributed by atoms with E-state index in [2.05, 4.69) is 82.3 Å². The first-order chi connectivity index (χ1) is 12.4. The van der Waals surface area contributed by atoms with Crippen molar-refractivity contribution < 1.29 is 0 Å². The Hall–Kier alpha value is -2.45. The van der Waals surface area contributed by atoms with Crippen LogP contribution in [-0.2, 0) is 0 Å². The molecule has 26 heavy (non-hydrogen) atoms. The van der Waals surface area contributed by atoms with Crippen LogP contribution >= 0.6 is 0 Å². The van der Waals surface area contributed by atoms with Crippen LogP contribution < -0.4 is 0 Å². The fourth-order valence-electron chi connectivity index (χ4n) is 3.66. The Morgan fingerprint density at radius 2 is 1.69 bits per heavy atom. The molecule has 0 unspecified atom stereocenters. The van der Waals surface area contributed by atoms with E-state index in [1.54, 1.807) is 0 Å². The Kier molecular flexibility index (Phi) is 5.24. The molecule has 0 fully saturated rings. The second-order valence-electron chi connectivity index (χ2n) is 7.45. The molecular weight excluding hydrogens is 316 g/mol. The minimum absolute atomic E-state index is 0.616. The molecule has 0 aliphatic heterocycles. The van der Waals surface area contributed by atoms with E-state index >= 15 is 0 Å². The Balaban J connectivity index is 2.09. The summed E-state index contributed by atoms with van der Waals surface area (Å²) in [5.74, 6) is 0. The molecular formula is C24H28N2. The third kappa shape index (κ3) is 3.42. The summed E-state index contributed by atoms with van der Waals surface area (Å²) < 4.78 is 0. The highest BCUT2D eigenvalue weighted by atomic mass is 15.0. The molecule has 2 heteroatoms. The number of nitrogens with one attached hydrogen (secondary N) is 1. The Labute approximate surface area is 157 Å². The highest BCUT2D eigenvalue weighted by molar-refractivity contribution is 6.14. The third-order valence-corrected chi connectivity index (χ3v) is 5.36. The molecule has 0 saturated heterocycles. The van der Waals surface area contributed by atoms with Crippen molar-refractivity contribution in [1.29, 1.82) is 5.41 Å². The number of nitrogens with zero attached hydrogens (tertiary/aromatic N) is 1. The van der Waals surface area contributed by atoms with Crippen LogP contribution in [0.25, 0.3) is 5.57 Å². The van der Waals surface area contributed by atoms with Crippen LogP contribution in [0, 0.1) is 26.2 Å². The van der Waals surface area contributed by atoms with Gasteiger partial charge in [-0.2, -0.15) is 0 Å². The Bertz CT molecular complexity index is 914. The molecule has 0 bridgehead atoms. The minimum Gasteiger partial charge on any atom is -0.305 e. The molecule has 1 N–H and O–H groups in total. The maximum absolute atomic E-state index is 8.94. The van der Waals surface area contributed by atoms with Gasteiger partial charge in [0.05, 0.1) is 5.71 Å². The lowest BCUT2D eigenvalue weighted by atomic mass is 9.88. The lowest BCUT2D eigenvalue weighted by molar-refractivity contribution is 0.450. The SMILES string of the molecule is Cc1ccc(C(=N)c2ccccc2C2=C(CN(C)C)C=CC2)c(C)c1C. The van der Waals surface area contributed by atoms with Crippen molar-refractivity contribution in [3.05, 3.63) is 87.5 Å². The van der Waals surface area contributed by atoms with Crippen LogP contribution in [0.3, 0.4) is 0 Å². The van der Waals surface area contributed by atoms with E-state index in [9.17, 15) is 0 Å². The van der Waals surface area contributed by atoms with Crippen molar-refractivity contribution in [2.24, 2.45) is 0 Å². The molecule has 1 aliphatic rings. The molecule has 2 aromatic rings. The van der Waals surface area contributed by atoms with Crippen LogP contribution in [0.15, 0.2) is 54.1 Å². The second kappa shape index (κ2) is 7.43. The highest BCUT2D eigenvalue weighted by Crippen LogP contribution is 2.33. The van der Waals surface area contributed by atoms with E-state index < -0.39 is 0 Å². The van der Waals surface area contributed by atoms with Gasteiger partial charge in [0.2, 0.25) is 0 Å². The molecule has 134 valence electrons. The zero-order chi connectivity index (χ0) is 18.8. The fraction of sp³-hybridized carbons (Fsp3) is 0.292. The summed E-state index contributed by atoms with van der Waals surface area (Å²) >= 11 is 0. The molecule has 3 rings (SSSR count). The van der Waals surface area contributed by atoms with Gasteiger partial charge in [0.1, 0.15) is 0 Å². The number of allylic oxidation sites excluding steroid dienone is 2. The zero-order valence-corrected chi connectivity index (χ0v) is 16.5. The van der Waals surface area contributed by atoms with Crippen LogP contribution in [0.2, 0.25) is 0 Å². The topological polar surface area (TPSA) is 27.1 Å². The second-order valence-corrected chi connectivity index (χ2v) is 7.45. The van der Waals surface area contributed by atoms with Crippen molar-refractivity contribution in [3.63, 3.8) is 0 Å². The normalized spacial score (nSPS) is 13.8. The summed E-state index contributed by atoms with van der Waals surface area (Å²) in [5, 5.41) is 8.94. The standard InChI is InChI=1S/C24H28N2/c1-16-13-14-20(18(3)17(16)2)24(25)23-11-7-6-10-22(23)21-12-8-9-19(21)15-26(4)5/h6-11,13-14,25H,12,15H2,1-5H3. The van der Waals surface area contributed by atoms with E-state index in [-0.39, 0.29) is 0 Å². The molecule has 1 aliphatic carbocycles. The molecule has 2 aromatic carbocycles. The smallest absolute Gasteiger partial charge is 0.0693 e. The van der Waals surface area contributed by atoms with Crippen molar-refractivity contribution >= 4 is 11.3 Å². The summed E-state index contributed by atoms with van der Waals surface area (Å²) in [7, 11) is 4.20. The third-order valence-electron chi connectivity index (χ3n) is 5.36. The van der Waals surface area contributed by atoms with Gasteiger partial charge >= 0.3 is 0 Å². The molecule has 0 saturated carbocycles. The lowest BCUT2D eigenvalue weighted by Crippen LogP contribution is -2.15. The molecule has 0 heterocycles. The van der Waals surface area contributed by atoms with Crippen molar-refractivity contribution in [2.75, 3.05) is 20.6 Å². The predicted molar refractivity (Wildman–Crippen MR) is 112 cm³/mol. The van der Waals surface area contributed by atoms with Gasteiger partial charge in [0, 0.05) is 17.7 Å². The summed E-state index contributed by atoms with van der Waals surface area (Å²) in [6.07, 6.45) is 5.41. The van der Waals surface area contributed by atoms with Crippen molar-refractivity contribution in [1.82, 2.24) is 4.90 Å². The quantitative estimate of drug-likeness (QED) is 0.732. The predicted octanol–water partition coefficient (Wildman–Crippen LogP) is 5.30. The summed E-state index contributed by atoms with van der Waals surface area (Å²) in [5.41, 5.74) is 10.3. The molecule has 0 spiro atoms. The van der Waals surface area contributed by atoms with Gasteiger partial charge < -0.3 is 4.90 Å². The summed E-state index contributed by atoms with van der Waals surface area (Å²) in [4.78, 5) is 2.20. The summed E-state index contributed by atoms with van der Waals surface area (Å²) in [6.45, 7) is 7.33. The minimum atomic E-state index is 0.616. The molecule has 0 atom stereocenters. The fourth-order valence-corrected chi connectivity index (χ4v) is 3.66. The number of hydrogen-bond donors (Lipinski definition) is 1. The van der Waals surface area contributed by atoms with Crippen LogP contribution in [0.1, 0.15) is 39.8 Å². The van der Waals surface area contributed by atoms with Crippen molar-refractivity contribution in [3.8, 4) is 0 Å². The maximum Gasteiger partial charge on any atom is 0.0693 e. The van der Waals surface area contributed by atoms with Crippen LogP contribution in [-0.4, -0.2) is 31.3 Å². The van der Waals surface area contributed by atoms with Gasteiger partial charge in [-0.15, -0.1) is 0 Å². The maximum atomic E-state index is 8.94. The van der Waals surface area contributed by atoms with E-state index in [0.717, 1.165) is 24.1 Å². The van der Waals surface area contributed by atoms with Crippen molar-refractivity contribution in [2.45, 2.75) is 27.2 Å². The van der Waals surface area contributed by atoms with E-state index in [4.69, 9.17) is 5.41 Å². The first-order valence-corrected chi connectivity index (χ1v) is 9.19. The van der Waals surface area contributed by atoms with E-state index in [1.807, 2.05) is 6.07 Å². The number of likely N-dealkylation sites (N-methyl/N-ethyl adjacent to an activating group) is 1. The van der Waals surface area contributed by atoms with Gasteiger partial charge in [-0.25, -0.2) is 0 Å². The first-order valence-electron chi connectivity index (χ1n) is 9.19. The number of rotatable bonds is 5. The lowest BCUT2D eigenvalue weighted by Gasteiger charge is -2.18. The summed E-state index contributed by atoms with van der Waals surface area (Å²) in [6, 6.07) is 12.6. The van der Waals surface area contributed by atoms with Gasteiger partial charge in [0.25, 0.3) is 0 Å². The average molecular weight is 345 g/mol. The van der Waals surface area contributed by atoms with Crippen LogP contribution in [0.5, 0.6) is 0 Å².